The van der Waals surface area contributed by atoms with Crippen molar-refractivity contribution in [3.8, 4) is 17.2 Å². The Morgan fingerprint density at radius 2 is 2.11 bits per heavy atom. The monoisotopic (exact) mass is 401 g/mol. The van der Waals surface area contributed by atoms with Gasteiger partial charge >= 0.3 is 5.97 Å². The summed E-state index contributed by atoms with van der Waals surface area (Å²) in [4.78, 5) is 23.3. The van der Waals surface area contributed by atoms with Crippen molar-refractivity contribution >= 4 is 28.9 Å². The van der Waals surface area contributed by atoms with Crippen LogP contribution in [0.2, 0.25) is 0 Å². The summed E-state index contributed by atoms with van der Waals surface area (Å²) in [6.07, 6.45) is 0.563. The average molecular weight is 401 g/mol. The van der Waals surface area contributed by atoms with Crippen molar-refractivity contribution in [1.82, 2.24) is 10.2 Å². The highest BCUT2D eigenvalue weighted by Gasteiger charge is 2.12. The number of aromatic nitrogens is 2. The molecule has 8 nitrogen and oxygen atoms in total. The van der Waals surface area contributed by atoms with Crippen molar-refractivity contribution in [1.29, 1.82) is 0 Å². The Morgan fingerprint density at radius 1 is 1.25 bits per heavy atom. The molecule has 0 unspecified atom stereocenters. The molecule has 0 fully saturated rings. The maximum absolute atomic E-state index is 12.2. The first-order valence-corrected chi connectivity index (χ1v) is 9.44. The first-order valence-electron chi connectivity index (χ1n) is 8.50. The number of aryl methyl sites for hydroxylation is 2. The van der Waals surface area contributed by atoms with Crippen LogP contribution < -0.4 is 10.1 Å². The fraction of sp³-hybridized carbons (Fsp3) is 0.263. The highest BCUT2D eigenvalue weighted by Crippen LogP contribution is 2.23. The summed E-state index contributed by atoms with van der Waals surface area (Å²) in [6, 6.07) is 7.04. The summed E-state index contributed by atoms with van der Waals surface area (Å²) < 4.78 is 15.4. The molecule has 146 valence electrons. The summed E-state index contributed by atoms with van der Waals surface area (Å²) in [5.41, 5.74) is 2.35. The third-order valence-corrected chi connectivity index (χ3v) is 4.54. The number of anilines is 1. The van der Waals surface area contributed by atoms with Gasteiger partial charge in [-0.25, -0.2) is 4.79 Å². The number of rotatable bonds is 8. The fourth-order valence-corrected chi connectivity index (χ4v) is 2.99. The van der Waals surface area contributed by atoms with Gasteiger partial charge in [-0.15, -0.1) is 10.2 Å². The Bertz CT molecular complexity index is 952. The normalized spacial score (nSPS) is 10.5. The van der Waals surface area contributed by atoms with Crippen LogP contribution in [0.1, 0.15) is 17.9 Å². The number of nitrogens with one attached hydrogen (secondary N) is 1. The first-order chi connectivity index (χ1) is 13.5. The third-order valence-electron chi connectivity index (χ3n) is 3.86. The second-order valence-corrected chi connectivity index (χ2v) is 6.68. The van der Waals surface area contributed by atoms with Crippen LogP contribution in [0.25, 0.3) is 11.5 Å². The smallest absolute Gasteiger partial charge is 0.343 e. The molecule has 1 amide bonds. The summed E-state index contributed by atoms with van der Waals surface area (Å²) in [5.74, 6) is 0.766. The molecule has 2 heterocycles. The standard InChI is InChI=1S/C19H19N3O5S/c1-12-9-14(26-10-18(24)25-2)3-4-15(12)20-16(23)5-6-17-21-22-19(27-17)13-7-8-28-11-13/h3-4,7-9,11H,5-6,10H2,1-2H3,(H,20,23). The number of amides is 1. The summed E-state index contributed by atoms with van der Waals surface area (Å²) in [6.45, 7) is 1.67. The Labute approximate surface area is 165 Å². The fourth-order valence-electron chi connectivity index (χ4n) is 2.36. The number of carbonyl (C=O) groups is 2. The SMILES string of the molecule is COC(=O)COc1ccc(NC(=O)CCc2nnc(-c3ccsc3)o2)c(C)c1. The predicted molar refractivity (Wildman–Crippen MR) is 103 cm³/mol. The zero-order valence-corrected chi connectivity index (χ0v) is 16.2. The minimum atomic E-state index is -0.460. The van der Waals surface area contributed by atoms with E-state index in [0.717, 1.165) is 11.1 Å². The molecule has 0 saturated carbocycles. The Balaban J connectivity index is 1.51. The molecule has 2 aromatic heterocycles. The molecule has 0 bridgehead atoms. The lowest BCUT2D eigenvalue weighted by Crippen LogP contribution is -2.14. The van der Waals surface area contributed by atoms with Crippen LogP contribution in [0, 0.1) is 6.92 Å². The Hall–Kier alpha value is -3.20. The highest BCUT2D eigenvalue weighted by molar-refractivity contribution is 7.08. The van der Waals surface area contributed by atoms with Gasteiger partial charge in [0, 0.05) is 29.5 Å². The molecule has 0 atom stereocenters. The maximum Gasteiger partial charge on any atom is 0.343 e. The third kappa shape index (κ3) is 5.17. The number of hydrogen-bond donors (Lipinski definition) is 1. The van der Waals surface area contributed by atoms with Gasteiger partial charge in [-0.2, -0.15) is 11.3 Å². The molecule has 1 aromatic carbocycles. The van der Waals surface area contributed by atoms with Crippen molar-refractivity contribution in [2.75, 3.05) is 19.0 Å². The zero-order valence-electron chi connectivity index (χ0n) is 15.4. The molecule has 9 heteroatoms. The van der Waals surface area contributed by atoms with E-state index >= 15 is 0 Å². The van der Waals surface area contributed by atoms with Gasteiger partial charge in [-0.3, -0.25) is 4.79 Å². The lowest BCUT2D eigenvalue weighted by Gasteiger charge is -2.10. The first kappa shape index (κ1) is 19.6. The number of nitrogens with zero attached hydrogens (tertiary/aromatic N) is 2. The van der Waals surface area contributed by atoms with Gasteiger partial charge in [0.25, 0.3) is 0 Å². The van der Waals surface area contributed by atoms with Crippen molar-refractivity contribution in [3.05, 3.63) is 46.5 Å². The van der Waals surface area contributed by atoms with E-state index in [0.29, 0.717) is 29.6 Å². The van der Waals surface area contributed by atoms with Gasteiger partial charge in [-0.1, -0.05) is 0 Å². The van der Waals surface area contributed by atoms with E-state index in [1.165, 1.54) is 7.11 Å². The molecule has 0 aliphatic heterocycles. The van der Waals surface area contributed by atoms with Crippen molar-refractivity contribution in [2.45, 2.75) is 19.8 Å². The molecule has 3 rings (SSSR count). The van der Waals surface area contributed by atoms with Crippen LogP contribution in [0.4, 0.5) is 5.69 Å². The van der Waals surface area contributed by atoms with Crippen LogP contribution in [-0.4, -0.2) is 35.8 Å². The molecule has 28 heavy (non-hydrogen) atoms. The molecule has 1 N–H and O–H groups in total. The van der Waals surface area contributed by atoms with Crippen molar-refractivity contribution in [2.24, 2.45) is 0 Å². The van der Waals surface area contributed by atoms with Gasteiger partial charge < -0.3 is 19.2 Å². The lowest BCUT2D eigenvalue weighted by atomic mass is 10.2. The molecule has 0 radical (unpaired) electrons. The van der Waals surface area contributed by atoms with E-state index in [9.17, 15) is 9.59 Å². The predicted octanol–water partition coefficient (Wildman–Crippen LogP) is 3.23. The lowest BCUT2D eigenvalue weighted by molar-refractivity contribution is -0.142. The number of benzene rings is 1. The Kier molecular flexibility index (Phi) is 6.38. The largest absolute Gasteiger partial charge is 0.482 e. The Morgan fingerprint density at radius 3 is 2.82 bits per heavy atom. The van der Waals surface area contributed by atoms with E-state index in [2.05, 4.69) is 20.3 Å². The van der Waals surface area contributed by atoms with Crippen molar-refractivity contribution < 1.29 is 23.5 Å². The summed E-state index contributed by atoms with van der Waals surface area (Å²) in [7, 11) is 1.30. The van der Waals surface area contributed by atoms with E-state index in [-0.39, 0.29) is 18.9 Å². The molecule has 3 aromatic rings. The van der Waals surface area contributed by atoms with Gasteiger partial charge in [0.05, 0.1) is 7.11 Å². The topological polar surface area (TPSA) is 104 Å². The molecule has 0 aliphatic rings. The van der Waals surface area contributed by atoms with Gasteiger partial charge in [-0.05, 0) is 42.1 Å². The molecular weight excluding hydrogens is 382 g/mol. The van der Waals surface area contributed by atoms with E-state index in [1.807, 2.05) is 23.8 Å². The average Bonchev–Trinajstić information content (AvgIpc) is 3.38. The second kappa shape index (κ2) is 9.14. The van der Waals surface area contributed by atoms with E-state index < -0.39 is 5.97 Å². The second-order valence-electron chi connectivity index (χ2n) is 5.90. The van der Waals surface area contributed by atoms with Gasteiger partial charge in [0.1, 0.15) is 5.75 Å². The van der Waals surface area contributed by atoms with Crippen LogP contribution in [0.15, 0.2) is 39.4 Å². The molecule has 0 spiro atoms. The molecule has 0 aliphatic carbocycles. The van der Waals surface area contributed by atoms with Crippen LogP contribution >= 0.6 is 11.3 Å². The molecular formula is C19H19N3O5S. The highest BCUT2D eigenvalue weighted by atomic mass is 32.1. The summed E-state index contributed by atoms with van der Waals surface area (Å²) in [5, 5.41) is 14.7. The number of carbonyl (C=O) groups excluding carboxylic acids is 2. The van der Waals surface area contributed by atoms with Crippen LogP contribution in [0.5, 0.6) is 5.75 Å². The number of ether oxygens (including phenoxy) is 2. The minimum Gasteiger partial charge on any atom is -0.482 e. The van der Waals surface area contributed by atoms with E-state index in [1.54, 1.807) is 29.5 Å². The van der Waals surface area contributed by atoms with Crippen LogP contribution in [0.3, 0.4) is 0 Å². The van der Waals surface area contributed by atoms with Crippen LogP contribution in [-0.2, 0) is 20.7 Å². The van der Waals surface area contributed by atoms with Crippen molar-refractivity contribution in [3.63, 3.8) is 0 Å². The quantitative estimate of drug-likeness (QED) is 0.578. The maximum atomic E-state index is 12.2. The number of methoxy groups -OCH3 is 1. The number of hydrogen-bond acceptors (Lipinski definition) is 8. The zero-order chi connectivity index (χ0) is 19.9. The van der Waals surface area contributed by atoms with Gasteiger partial charge in [0.15, 0.2) is 6.61 Å². The number of esters is 1. The summed E-state index contributed by atoms with van der Waals surface area (Å²) >= 11 is 1.55. The van der Waals surface area contributed by atoms with E-state index in [4.69, 9.17) is 9.15 Å². The molecule has 0 saturated heterocycles. The minimum absolute atomic E-state index is 0.165. The number of thiophene rings is 1. The van der Waals surface area contributed by atoms with Gasteiger partial charge in [0.2, 0.25) is 17.7 Å².